The Hall–Kier alpha value is -0.880. The number of hydrogen-bond acceptors (Lipinski definition) is 4. The molecule has 0 bridgehead atoms. The van der Waals surface area contributed by atoms with Crippen molar-refractivity contribution >= 4 is 31.6 Å². The van der Waals surface area contributed by atoms with Crippen LogP contribution in [0.5, 0.6) is 5.75 Å². The van der Waals surface area contributed by atoms with Crippen LogP contribution in [-0.2, 0) is 9.84 Å². The Morgan fingerprint density at radius 1 is 1.44 bits per heavy atom. The number of halogens is 1. The molecular formula is C12H13BrO4S. The van der Waals surface area contributed by atoms with Gasteiger partial charge < -0.3 is 4.74 Å². The SMILES string of the molecule is COc1ccc(C(=O)C2CCS(=O)(=O)C2)cc1Br. The van der Waals surface area contributed by atoms with Crippen LogP contribution in [0, 0.1) is 5.92 Å². The van der Waals surface area contributed by atoms with Crippen molar-refractivity contribution in [1.29, 1.82) is 0 Å². The van der Waals surface area contributed by atoms with Crippen LogP contribution >= 0.6 is 15.9 Å². The standard InChI is InChI=1S/C12H13BrO4S/c1-17-11-3-2-8(6-10(11)13)12(14)9-4-5-18(15,16)7-9/h2-3,6,9H,4-5,7H2,1H3. The Morgan fingerprint density at radius 3 is 2.67 bits per heavy atom. The lowest BCUT2D eigenvalue weighted by Crippen LogP contribution is -2.16. The van der Waals surface area contributed by atoms with Gasteiger partial charge in [0.2, 0.25) is 0 Å². The number of carbonyl (C=O) groups is 1. The molecule has 1 unspecified atom stereocenters. The molecule has 0 spiro atoms. The predicted molar refractivity (Wildman–Crippen MR) is 71.8 cm³/mol. The van der Waals surface area contributed by atoms with E-state index in [-0.39, 0.29) is 17.3 Å². The summed E-state index contributed by atoms with van der Waals surface area (Å²) < 4.78 is 28.5. The lowest BCUT2D eigenvalue weighted by atomic mass is 9.97. The average molecular weight is 333 g/mol. The minimum absolute atomic E-state index is 0.0323. The Morgan fingerprint density at radius 2 is 2.17 bits per heavy atom. The number of rotatable bonds is 3. The smallest absolute Gasteiger partial charge is 0.167 e. The van der Waals surface area contributed by atoms with E-state index in [9.17, 15) is 13.2 Å². The second-order valence-electron chi connectivity index (χ2n) is 4.31. The maximum absolute atomic E-state index is 12.2. The number of Topliss-reactive ketones (excluding diaryl/α,β-unsaturated/α-hetero) is 1. The molecule has 1 aliphatic heterocycles. The summed E-state index contributed by atoms with van der Waals surface area (Å²) >= 11 is 3.31. The van der Waals surface area contributed by atoms with E-state index in [1.165, 1.54) is 0 Å². The van der Waals surface area contributed by atoms with Gasteiger partial charge in [-0.25, -0.2) is 8.42 Å². The van der Waals surface area contributed by atoms with Gasteiger partial charge in [0.15, 0.2) is 15.6 Å². The molecule has 0 radical (unpaired) electrons. The summed E-state index contributed by atoms with van der Waals surface area (Å²) in [6.45, 7) is 0. The first kappa shape index (κ1) is 13.5. The monoisotopic (exact) mass is 332 g/mol. The minimum atomic E-state index is -3.03. The summed E-state index contributed by atoms with van der Waals surface area (Å²) in [5.74, 6) is 0.205. The summed E-state index contributed by atoms with van der Waals surface area (Å²) in [7, 11) is -1.48. The predicted octanol–water partition coefficient (Wildman–Crippen LogP) is 2.08. The van der Waals surface area contributed by atoms with Crippen LogP contribution in [-0.4, -0.2) is 32.8 Å². The van der Waals surface area contributed by atoms with Crippen LogP contribution in [0.15, 0.2) is 22.7 Å². The number of methoxy groups -OCH3 is 1. The van der Waals surface area contributed by atoms with Crippen molar-refractivity contribution in [3.63, 3.8) is 0 Å². The van der Waals surface area contributed by atoms with Crippen molar-refractivity contribution in [3.05, 3.63) is 28.2 Å². The van der Waals surface area contributed by atoms with Crippen molar-refractivity contribution in [3.8, 4) is 5.75 Å². The molecule has 6 heteroatoms. The molecule has 18 heavy (non-hydrogen) atoms. The van der Waals surface area contributed by atoms with Gasteiger partial charge in [0.1, 0.15) is 5.75 Å². The van der Waals surface area contributed by atoms with Crippen LogP contribution < -0.4 is 4.74 Å². The highest BCUT2D eigenvalue weighted by atomic mass is 79.9. The molecule has 1 aromatic rings. The number of benzene rings is 1. The molecule has 1 aliphatic rings. The fourth-order valence-electron chi connectivity index (χ4n) is 2.06. The molecule has 1 fully saturated rings. The molecule has 0 amide bonds. The molecule has 98 valence electrons. The Labute approximate surface area is 114 Å². The van der Waals surface area contributed by atoms with E-state index in [2.05, 4.69) is 15.9 Å². The van der Waals surface area contributed by atoms with E-state index in [1.54, 1.807) is 25.3 Å². The third kappa shape index (κ3) is 2.75. The zero-order chi connectivity index (χ0) is 13.3. The molecular weight excluding hydrogens is 320 g/mol. The van der Waals surface area contributed by atoms with E-state index < -0.39 is 15.8 Å². The van der Waals surface area contributed by atoms with Gasteiger partial charge in [-0.3, -0.25) is 4.79 Å². The van der Waals surface area contributed by atoms with Gasteiger partial charge in [0.05, 0.1) is 23.1 Å². The van der Waals surface area contributed by atoms with Crippen LogP contribution in [0.4, 0.5) is 0 Å². The number of carbonyl (C=O) groups excluding carboxylic acids is 1. The highest BCUT2D eigenvalue weighted by Crippen LogP contribution is 2.28. The summed E-state index contributed by atoms with van der Waals surface area (Å²) in [6.07, 6.45) is 0.421. The Kier molecular flexibility index (Phi) is 3.77. The highest BCUT2D eigenvalue weighted by Gasteiger charge is 2.33. The van der Waals surface area contributed by atoms with Crippen molar-refractivity contribution in [2.45, 2.75) is 6.42 Å². The van der Waals surface area contributed by atoms with Crippen LogP contribution in [0.2, 0.25) is 0 Å². The zero-order valence-electron chi connectivity index (χ0n) is 9.85. The summed E-state index contributed by atoms with van der Waals surface area (Å²) in [5.41, 5.74) is 0.518. The summed E-state index contributed by atoms with van der Waals surface area (Å²) in [5, 5.41) is 0. The molecule has 0 N–H and O–H groups in total. The number of hydrogen-bond donors (Lipinski definition) is 0. The number of ketones is 1. The van der Waals surface area contributed by atoms with Crippen molar-refractivity contribution in [2.24, 2.45) is 5.92 Å². The van der Waals surface area contributed by atoms with Crippen LogP contribution in [0.1, 0.15) is 16.8 Å². The van der Waals surface area contributed by atoms with E-state index in [1.807, 2.05) is 0 Å². The minimum Gasteiger partial charge on any atom is -0.496 e. The van der Waals surface area contributed by atoms with Gasteiger partial charge in [-0.2, -0.15) is 0 Å². The first-order valence-electron chi connectivity index (χ1n) is 5.51. The molecule has 1 saturated heterocycles. The number of ether oxygens (including phenoxy) is 1. The Bertz CT molecular complexity index is 580. The third-order valence-corrected chi connectivity index (χ3v) is 5.43. The Balaban J connectivity index is 2.22. The van der Waals surface area contributed by atoms with Gasteiger partial charge in [-0.05, 0) is 40.5 Å². The maximum atomic E-state index is 12.2. The molecule has 1 atom stereocenters. The van der Waals surface area contributed by atoms with Gasteiger partial charge in [0.25, 0.3) is 0 Å². The molecule has 0 aromatic heterocycles. The zero-order valence-corrected chi connectivity index (χ0v) is 12.3. The molecule has 1 aromatic carbocycles. The first-order chi connectivity index (χ1) is 8.43. The van der Waals surface area contributed by atoms with E-state index in [0.29, 0.717) is 22.2 Å². The average Bonchev–Trinajstić information content (AvgIpc) is 2.68. The molecule has 1 heterocycles. The molecule has 0 saturated carbocycles. The van der Waals surface area contributed by atoms with Crippen LogP contribution in [0.25, 0.3) is 0 Å². The molecule has 2 rings (SSSR count). The lowest BCUT2D eigenvalue weighted by molar-refractivity contribution is 0.0933. The first-order valence-corrected chi connectivity index (χ1v) is 8.12. The quantitative estimate of drug-likeness (QED) is 0.795. The second-order valence-corrected chi connectivity index (χ2v) is 7.40. The second kappa shape index (κ2) is 5.01. The fraction of sp³-hybridized carbons (Fsp3) is 0.417. The topological polar surface area (TPSA) is 60.4 Å². The number of sulfone groups is 1. The fourth-order valence-corrected chi connectivity index (χ4v) is 4.34. The highest BCUT2D eigenvalue weighted by molar-refractivity contribution is 9.10. The van der Waals surface area contributed by atoms with Gasteiger partial charge in [0, 0.05) is 11.5 Å². The maximum Gasteiger partial charge on any atom is 0.167 e. The summed E-state index contributed by atoms with van der Waals surface area (Å²) in [6, 6.07) is 5.03. The van der Waals surface area contributed by atoms with Crippen molar-refractivity contribution in [1.82, 2.24) is 0 Å². The normalized spacial score (nSPS) is 21.8. The van der Waals surface area contributed by atoms with E-state index in [0.717, 1.165) is 0 Å². The molecule has 4 nitrogen and oxygen atoms in total. The van der Waals surface area contributed by atoms with Gasteiger partial charge >= 0.3 is 0 Å². The third-order valence-electron chi connectivity index (χ3n) is 3.04. The van der Waals surface area contributed by atoms with Crippen molar-refractivity contribution in [2.75, 3.05) is 18.6 Å². The van der Waals surface area contributed by atoms with E-state index in [4.69, 9.17) is 4.74 Å². The van der Waals surface area contributed by atoms with Gasteiger partial charge in [-0.1, -0.05) is 0 Å². The summed E-state index contributed by atoms with van der Waals surface area (Å²) in [4.78, 5) is 12.2. The van der Waals surface area contributed by atoms with E-state index >= 15 is 0 Å². The van der Waals surface area contributed by atoms with Crippen molar-refractivity contribution < 1.29 is 17.9 Å². The largest absolute Gasteiger partial charge is 0.496 e. The van der Waals surface area contributed by atoms with Gasteiger partial charge in [-0.15, -0.1) is 0 Å². The lowest BCUT2D eigenvalue weighted by Gasteiger charge is -2.09. The molecule has 0 aliphatic carbocycles. The van der Waals surface area contributed by atoms with Crippen LogP contribution in [0.3, 0.4) is 0 Å².